The molecule has 2 rings (SSSR count). The number of carbonyl (C=O) groups excluding carboxylic acids is 1. The number of hydrogen-bond acceptors (Lipinski definition) is 3. The number of sulfonamides is 1. The molecule has 0 spiro atoms. The predicted octanol–water partition coefficient (Wildman–Crippen LogP) is 3.64. The fourth-order valence-electron chi connectivity index (χ4n) is 2.43. The smallest absolute Gasteiger partial charge is 0.341 e. The molecule has 0 saturated carbocycles. The number of carbonyl (C=O) groups is 1. The van der Waals surface area contributed by atoms with Crippen molar-refractivity contribution in [3.63, 3.8) is 0 Å². The van der Waals surface area contributed by atoms with Gasteiger partial charge < -0.3 is 4.90 Å². The van der Waals surface area contributed by atoms with Gasteiger partial charge in [-0.25, -0.2) is 13.1 Å². The lowest BCUT2D eigenvalue weighted by atomic mass is 10.1. The van der Waals surface area contributed by atoms with Crippen molar-refractivity contribution < 1.29 is 26.4 Å². The molecule has 1 N–H and O–H groups in total. The molecule has 0 bridgehead atoms. The van der Waals surface area contributed by atoms with Gasteiger partial charge >= 0.3 is 6.18 Å². The minimum Gasteiger partial charge on any atom is -0.341 e. The molecule has 0 aliphatic rings. The van der Waals surface area contributed by atoms with Crippen LogP contribution in [0.1, 0.15) is 23.1 Å². The summed E-state index contributed by atoms with van der Waals surface area (Å²) in [5, 5.41) is 1.03. The van der Waals surface area contributed by atoms with Crippen LogP contribution in [0.15, 0.2) is 60.0 Å². The highest BCUT2D eigenvalue weighted by molar-refractivity contribution is 7.92. The molecule has 9 heteroatoms. The third-order valence-corrected chi connectivity index (χ3v) is 5.11. The highest BCUT2D eigenvalue weighted by atomic mass is 32.2. The summed E-state index contributed by atoms with van der Waals surface area (Å²) in [6.45, 7) is 0.0370. The fraction of sp³-hybridized carbons (Fsp3) is 0.250. The van der Waals surface area contributed by atoms with E-state index in [1.165, 1.54) is 30.2 Å². The van der Waals surface area contributed by atoms with Gasteiger partial charge in [0.2, 0.25) is 15.9 Å². The van der Waals surface area contributed by atoms with Crippen LogP contribution in [0.5, 0.6) is 0 Å². The van der Waals surface area contributed by atoms with Crippen molar-refractivity contribution in [2.24, 2.45) is 0 Å². The summed E-state index contributed by atoms with van der Waals surface area (Å²) in [4.78, 5) is 13.5. The van der Waals surface area contributed by atoms with Crippen molar-refractivity contribution in [3.8, 4) is 0 Å². The molecule has 0 heterocycles. The van der Waals surface area contributed by atoms with Crippen LogP contribution in [0.25, 0.3) is 6.08 Å². The third kappa shape index (κ3) is 7.71. The molecule has 1 amide bonds. The topological polar surface area (TPSA) is 66.5 Å². The fourth-order valence-corrected chi connectivity index (χ4v) is 3.25. The second-order valence-electron chi connectivity index (χ2n) is 6.35. The number of nitrogens with zero attached hydrogens (tertiary/aromatic N) is 1. The standard InChI is InChI=1S/C20H21F3N2O3S/c1-25(15-17-7-9-18(10-8-17)20(21,22)23)19(26)11-13-24-29(27,28)14-12-16-5-3-2-4-6-16/h2-10,12,14,24H,11,13,15H2,1H3/b14-12+. The lowest BCUT2D eigenvalue weighted by Gasteiger charge is -2.18. The number of hydrogen-bond donors (Lipinski definition) is 1. The zero-order valence-corrected chi connectivity index (χ0v) is 16.5. The Morgan fingerprint density at radius 2 is 1.69 bits per heavy atom. The Morgan fingerprint density at radius 1 is 1.07 bits per heavy atom. The van der Waals surface area contributed by atoms with E-state index in [1.807, 2.05) is 6.07 Å². The van der Waals surface area contributed by atoms with Crippen molar-refractivity contribution in [1.29, 1.82) is 0 Å². The predicted molar refractivity (Wildman–Crippen MR) is 105 cm³/mol. The van der Waals surface area contributed by atoms with E-state index in [0.717, 1.165) is 23.1 Å². The third-order valence-electron chi connectivity index (χ3n) is 4.01. The van der Waals surface area contributed by atoms with E-state index >= 15 is 0 Å². The van der Waals surface area contributed by atoms with Crippen LogP contribution in [0.3, 0.4) is 0 Å². The molecule has 29 heavy (non-hydrogen) atoms. The van der Waals surface area contributed by atoms with Gasteiger partial charge in [-0.2, -0.15) is 13.2 Å². The van der Waals surface area contributed by atoms with Crippen molar-refractivity contribution in [2.45, 2.75) is 19.1 Å². The SMILES string of the molecule is CN(Cc1ccc(C(F)(F)F)cc1)C(=O)CCNS(=O)(=O)/C=C/c1ccccc1. The Bertz CT molecular complexity index is 941. The number of halogens is 3. The van der Waals surface area contributed by atoms with E-state index in [1.54, 1.807) is 24.3 Å². The van der Waals surface area contributed by atoms with E-state index in [-0.39, 0.29) is 25.4 Å². The van der Waals surface area contributed by atoms with Crippen molar-refractivity contribution in [3.05, 3.63) is 76.7 Å². The average Bonchev–Trinajstić information content (AvgIpc) is 2.67. The van der Waals surface area contributed by atoms with Gasteiger partial charge in [0.05, 0.1) is 5.56 Å². The molecule has 156 valence electrons. The summed E-state index contributed by atoms with van der Waals surface area (Å²) >= 11 is 0. The van der Waals surface area contributed by atoms with Crippen molar-refractivity contribution in [2.75, 3.05) is 13.6 Å². The van der Waals surface area contributed by atoms with E-state index in [0.29, 0.717) is 5.56 Å². The molecule has 2 aromatic carbocycles. The molecule has 0 aliphatic carbocycles. The lowest BCUT2D eigenvalue weighted by Crippen LogP contribution is -2.31. The highest BCUT2D eigenvalue weighted by Gasteiger charge is 2.29. The molecule has 0 unspecified atom stereocenters. The van der Waals surface area contributed by atoms with E-state index in [4.69, 9.17) is 0 Å². The molecule has 2 aromatic rings. The summed E-state index contributed by atoms with van der Waals surface area (Å²) in [6.07, 6.45) is -3.04. The van der Waals surface area contributed by atoms with Gasteiger partial charge in [-0.3, -0.25) is 4.79 Å². The van der Waals surface area contributed by atoms with Crippen LogP contribution in [0.2, 0.25) is 0 Å². The molecular weight excluding hydrogens is 405 g/mol. The normalized spacial score (nSPS) is 12.3. The van der Waals surface area contributed by atoms with Crippen LogP contribution < -0.4 is 4.72 Å². The Hall–Kier alpha value is -2.65. The van der Waals surface area contributed by atoms with Crippen molar-refractivity contribution >= 4 is 22.0 Å². The molecular formula is C20H21F3N2O3S. The van der Waals surface area contributed by atoms with Crippen LogP contribution in [0, 0.1) is 0 Å². The zero-order chi connectivity index (χ0) is 21.5. The van der Waals surface area contributed by atoms with Gasteiger partial charge in [-0.15, -0.1) is 0 Å². The summed E-state index contributed by atoms with van der Waals surface area (Å²) in [5.74, 6) is -0.334. The summed E-state index contributed by atoms with van der Waals surface area (Å²) in [6, 6.07) is 13.4. The maximum atomic E-state index is 12.6. The van der Waals surface area contributed by atoms with E-state index < -0.39 is 21.8 Å². The van der Waals surface area contributed by atoms with Gasteiger partial charge in [0.25, 0.3) is 0 Å². The number of rotatable bonds is 8. The number of benzene rings is 2. The first-order chi connectivity index (χ1) is 13.6. The van der Waals surface area contributed by atoms with Crippen LogP contribution in [0.4, 0.5) is 13.2 Å². The number of amides is 1. The second-order valence-corrected chi connectivity index (χ2v) is 8.00. The van der Waals surface area contributed by atoms with Gasteiger partial charge in [0, 0.05) is 32.0 Å². The Morgan fingerprint density at radius 3 is 2.28 bits per heavy atom. The Balaban J connectivity index is 1.81. The van der Waals surface area contributed by atoms with E-state index in [9.17, 15) is 26.4 Å². The summed E-state index contributed by atoms with van der Waals surface area (Å²) < 4.78 is 63.9. The maximum Gasteiger partial charge on any atom is 0.416 e. The molecule has 0 atom stereocenters. The van der Waals surface area contributed by atoms with Gasteiger partial charge in [0.15, 0.2) is 0 Å². The second kappa shape index (κ2) is 9.71. The minimum atomic E-state index is -4.41. The number of nitrogens with one attached hydrogen (secondary N) is 1. The van der Waals surface area contributed by atoms with Crippen LogP contribution in [-0.4, -0.2) is 32.8 Å². The monoisotopic (exact) mass is 426 g/mol. The first kappa shape index (κ1) is 22.6. The van der Waals surface area contributed by atoms with Gasteiger partial charge in [0.1, 0.15) is 0 Å². The molecule has 0 aliphatic heterocycles. The zero-order valence-electron chi connectivity index (χ0n) is 15.7. The summed E-state index contributed by atoms with van der Waals surface area (Å²) in [5.41, 5.74) is 0.513. The average molecular weight is 426 g/mol. The first-order valence-corrected chi connectivity index (χ1v) is 10.2. The highest BCUT2D eigenvalue weighted by Crippen LogP contribution is 2.29. The van der Waals surface area contributed by atoms with E-state index in [2.05, 4.69) is 4.72 Å². The van der Waals surface area contributed by atoms with Gasteiger partial charge in [-0.05, 0) is 29.3 Å². The molecule has 5 nitrogen and oxygen atoms in total. The maximum absolute atomic E-state index is 12.6. The van der Waals surface area contributed by atoms with Crippen molar-refractivity contribution in [1.82, 2.24) is 9.62 Å². The quantitative estimate of drug-likeness (QED) is 0.701. The Labute approximate surface area is 167 Å². The molecule has 0 fully saturated rings. The number of alkyl halides is 3. The summed E-state index contributed by atoms with van der Waals surface area (Å²) in [7, 11) is -2.18. The molecule has 0 saturated heterocycles. The first-order valence-electron chi connectivity index (χ1n) is 8.70. The van der Waals surface area contributed by atoms with Gasteiger partial charge in [-0.1, -0.05) is 42.5 Å². The lowest BCUT2D eigenvalue weighted by molar-refractivity contribution is -0.137. The minimum absolute atomic E-state index is 0.0739. The van der Waals surface area contributed by atoms with Crippen LogP contribution >= 0.6 is 0 Å². The Kier molecular flexibility index (Phi) is 7.58. The van der Waals surface area contributed by atoms with Crippen LogP contribution in [-0.2, 0) is 27.5 Å². The molecule has 0 radical (unpaired) electrons. The largest absolute Gasteiger partial charge is 0.416 e. The molecule has 0 aromatic heterocycles.